The summed E-state index contributed by atoms with van der Waals surface area (Å²) >= 11 is 0. The zero-order valence-corrected chi connectivity index (χ0v) is 20.4. The fourth-order valence-electron chi connectivity index (χ4n) is 5.19. The van der Waals surface area contributed by atoms with Crippen molar-refractivity contribution in [3.63, 3.8) is 0 Å². The Kier molecular flexibility index (Phi) is 5.48. The Bertz CT molecular complexity index is 1410. The van der Waals surface area contributed by atoms with Crippen molar-refractivity contribution in [2.75, 3.05) is 16.8 Å². The molecule has 0 saturated carbocycles. The Morgan fingerprint density at radius 3 is 1.91 bits per heavy atom. The minimum absolute atomic E-state index is 0.0187. The molecule has 35 heavy (non-hydrogen) atoms. The molecule has 4 aromatic carbocycles. The summed E-state index contributed by atoms with van der Waals surface area (Å²) in [4.78, 5) is 12.9. The number of hydrogen-bond donors (Lipinski definition) is 3. The second-order valence-corrected chi connectivity index (χ2v) is 9.49. The summed E-state index contributed by atoms with van der Waals surface area (Å²) in [6, 6.07) is 21.5. The lowest BCUT2D eigenvalue weighted by Gasteiger charge is -2.32. The van der Waals surface area contributed by atoms with Gasteiger partial charge in [0.2, 0.25) is 0 Å². The highest BCUT2D eigenvalue weighted by molar-refractivity contribution is 6.05. The summed E-state index contributed by atoms with van der Waals surface area (Å²) in [5, 5.41) is 3.01. The van der Waals surface area contributed by atoms with Crippen molar-refractivity contribution in [2.24, 2.45) is 0 Å². The van der Waals surface area contributed by atoms with Gasteiger partial charge in [0.1, 0.15) is 11.5 Å². The van der Waals surface area contributed by atoms with Crippen molar-refractivity contribution < 1.29 is 9.53 Å². The van der Waals surface area contributed by atoms with E-state index in [0.29, 0.717) is 22.6 Å². The molecular formula is C30H29N3O2. The van der Waals surface area contributed by atoms with Gasteiger partial charge in [0, 0.05) is 39.7 Å². The van der Waals surface area contributed by atoms with Crippen LogP contribution in [-0.4, -0.2) is 5.91 Å². The number of anilines is 3. The van der Waals surface area contributed by atoms with Crippen LogP contribution in [0.25, 0.3) is 0 Å². The molecule has 0 aromatic heterocycles. The number of nitrogens with two attached hydrogens (primary N) is 2. The van der Waals surface area contributed by atoms with E-state index in [1.54, 1.807) is 18.2 Å². The Morgan fingerprint density at radius 2 is 1.34 bits per heavy atom. The van der Waals surface area contributed by atoms with E-state index < -0.39 is 0 Å². The molecule has 0 fully saturated rings. The molecule has 5 heteroatoms. The molecule has 1 aliphatic rings. The molecule has 1 amide bonds. The van der Waals surface area contributed by atoms with Crippen LogP contribution in [-0.2, 0) is 0 Å². The average Bonchev–Trinajstić information content (AvgIpc) is 2.76. The zero-order chi connectivity index (χ0) is 24.9. The first-order chi connectivity index (χ1) is 16.7. The maximum atomic E-state index is 12.9. The zero-order valence-electron chi connectivity index (χ0n) is 20.4. The van der Waals surface area contributed by atoms with Crippen LogP contribution in [0.4, 0.5) is 17.1 Å². The van der Waals surface area contributed by atoms with E-state index in [4.69, 9.17) is 16.2 Å². The molecule has 0 bridgehead atoms. The molecule has 0 aliphatic carbocycles. The Hall–Kier alpha value is -4.25. The smallest absolute Gasteiger partial charge is 0.255 e. The first kappa shape index (κ1) is 22.5. The summed E-state index contributed by atoms with van der Waals surface area (Å²) in [5.74, 6) is 1.49. The van der Waals surface area contributed by atoms with Crippen molar-refractivity contribution in [1.82, 2.24) is 0 Å². The molecule has 0 saturated heterocycles. The molecule has 5 rings (SSSR count). The van der Waals surface area contributed by atoms with Gasteiger partial charge in [0.25, 0.3) is 5.91 Å². The van der Waals surface area contributed by atoms with E-state index in [-0.39, 0.29) is 11.8 Å². The predicted molar refractivity (Wildman–Crippen MR) is 143 cm³/mol. The van der Waals surface area contributed by atoms with E-state index in [0.717, 1.165) is 39.3 Å². The lowest BCUT2D eigenvalue weighted by Crippen LogP contribution is -2.16. The molecular weight excluding hydrogens is 434 g/mol. The van der Waals surface area contributed by atoms with Gasteiger partial charge in [0.05, 0.1) is 0 Å². The van der Waals surface area contributed by atoms with Gasteiger partial charge in [-0.3, -0.25) is 4.79 Å². The minimum Gasteiger partial charge on any atom is -0.457 e. The molecule has 0 atom stereocenters. The van der Waals surface area contributed by atoms with E-state index in [1.807, 2.05) is 18.2 Å². The van der Waals surface area contributed by atoms with Crippen molar-refractivity contribution in [2.45, 2.75) is 33.6 Å². The number of amides is 1. The summed E-state index contributed by atoms with van der Waals surface area (Å²) in [5.41, 5.74) is 21.9. The maximum absolute atomic E-state index is 12.9. The Balaban J connectivity index is 1.60. The number of benzene rings is 4. The van der Waals surface area contributed by atoms with Crippen LogP contribution in [0.2, 0.25) is 0 Å². The van der Waals surface area contributed by atoms with Crippen LogP contribution in [0, 0.1) is 27.7 Å². The molecule has 0 radical (unpaired) electrons. The van der Waals surface area contributed by atoms with Gasteiger partial charge in [-0.1, -0.05) is 24.3 Å². The predicted octanol–water partition coefficient (Wildman–Crippen LogP) is 6.62. The fourth-order valence-corrected chi connectivity index (χ4v) is 5.19. The van der Waals surface area contributed by atoms with Crippen LogP contribution >= 0.6 is 0 Å². The molecule has 5 N–H and O–H groups in total. The first-order valence-corrected chi connectivity index (χ1v) is 11.7. The average molecular weight is 464 g/mol. The number of hydrogen-bond acceptors (Lipinski definition) is 4. The number of carbonyl (C=O) groups excluding carboxylic acids is 1. The van der Waals surface area contributed by atoms with Gasteiger partial charge in [-0.15, -0.1) is 0 Å². The van der Waals surface area contributed by atoms with Crippen LogP contribution in [0.5, 0.6) is 11.5 Å². The number of nitrogen functional groups attached to an aromatic ring is 2. The number of ether oxygens (including phenoxy) is 1. The fraction of sp³-hybridized carbons (Fsp3) is 0.167. The summed E-state index contributed by atoms with van der Waals surface area (Å²) in [7, 11) is 0. The lowest BCUT2D eigenvalue weighted by atomic mass is 9.78. The third kappa shape index (κ3) is 4.21. The number of carbonyl (C=O) groups is 1. The normalized spacial score (nSPS) is 12.5. The summed E-state index contributed by atoms with van der Waals surface area (Å²) in [6.45, 7) is 8.43. The van der Waals surface area contributed by atoms with Crippen molar-refractivity contribution in [1.29, 1.82) is 0 Å². The van der Waals surface area contributed by atoms with Crippen molar-refractivity contribution >= 4 is 23.0 Å². The molecule has 1 aliphatic heterocycles. The van der Waals surface area contributed by atoms with E-state index >= 15 is 0 Å². The SMILES string of the molecule is Cc1cc(C)c2c(c1)Oc1cc(C)cc(C)c1C2c1cccc(NC(=O)c2cc(N)cc(N)c2)c1. The minimum atomic E-state index is -0.257. The highest BCUT2D eigenvalue weighted by Gasteiger charge is 2.32. The second kappa shape index (κ2) is 8.51. The first-order valence-electron chi connectivity index (χ1n) is 11.7. The van der Waals surface area contributed by atoms with Crippen molar-refractivity contribution in [3.05, 3.63) is 111 Å². The van der Waals surface area contributed by atoms with Gasteiger partial charge >= 0.3 is 0 Å². The van der Waals surface area contributed by atoms with E-state index in [1.165, 1.54) is 11.1 Å². The van der Waals surface area contributed by atoms with Crippen LogP contribution in [0.1, 0.15) is 55.2 Å². The molecule has 0 unspecified atom stereocenters. The van der Waals surface area contributed by atoms with Crippen LogP contribution in [0.15, 0.2) is 66.7 Å². The van der Waals surface area contributed by atoms with Crippen LogP contribution in [0.3, 0.4) is 0 Å². The Morgan fingerprint density at radius 1 is 0.771 bits per heavy atom. The van der Waals surface area contributed by atoms with Gasteiger partial charge in [-0.25, -0.2) is 0 Å². The number of nitrogens with one attached hydrogen (secondary N) is 1. The van der Waals surface area contributed by atoms with E-state index in [9.17, 15) is 4.79 Å². The highest BCUT2D eigenvalue weighted by Crippen LogP contribution is 2.50. The molecule has 176 valence electrons. The summed E-state index contributed by atoms with van der Waals surface area (Å²) < 4.78 is 6.43. The monoisotopic (exact) mass is 463 g/mol. The third-order valence-corrected chi connectivity index (χ3v) is 6.50. The largest absolute Gasteiger partial charge is 0.457 e. The molecule has 0 spiro atoms. The number of rotatable bonds is 3. The topological polar surface area (TPSA) is 90.4 Å². The second-order valence-electron chi connectivity index (χ2n) is 9.49. The number of aryl methyl sites for hydroxylation is 4. The highest BCUT2D eigenvalue weighted by atomic mass is 16.5. The number of fused-ring (bicyclic) bond motifs is 2. The molecule has 4 aromatic rings. The lowest BCUT2D eigenvalue weighted by molar-refractivity contribution is 0.102. The van der Waals surface area contributed by atoms with Gasteiger partial charge in [0.15, 0.2) is 0 Å². The quantitative estimate of drug-likeness (QED) is 0.262. The maximum Gasteiger partial charge on any atom is 0.255 e. The Labute approximate surface area is 205 Å². The summed E-state index contributed by atoms with van der Waals surface area (Å²) in [6.07, 6.45) is 0. The van der Waals surface area contributed by atoms with Gasteiger partial charge < -0.3 is 21.5 Å². The molecule has 5 nitrogen and oxygen atoms in total. The van der Waals surface area contributed by atoms with Gasteiger partial charge in [-0.2, -0.15) is 0 Å². The third-order valence-electron chi connectivity index (χ3n) is 6.50. The van der Waals surface area contributed by atoms with Gasteiger partial charge in [-0.05, 0) is 98.0 Å². The molecule has 1 heterocycles. The van der Waals surface area contributed by atoms with E-state index in [2.05, 4.69) is 63.3 Å². The standard InChI is InChI=1S/C30H29N3O2/c1-16-8-18(3)27-25(10-16)35-26-11-17(2)9-19(4)28(26)29(27)20-6-5-7-24(14-20)33-30(34)21-12-22(31)15-23(32)13-21/h5-15,29H,31-32H2,1-4H3,(H,33,34). The van der Waals surface area contributed by atoms with Crippen LogP contribution < -0.4 is 21.5 Å². The van der Waals surface area contributed by atoms with Crippen molar-refractivity contribution in [3.8, 4) is 11.5 Å².